The molecule has 2 aromatic rings. The van der Waals surface area contributed by atoms with Gasteiger partial charge in [0.25, 0.3) is 0 Å². The average Bonchev–Trinajstić information content (AvgIpc) is 2.89. The standard InChI is InChI=1S/C14H16BrNOS/c1-2-16(9-13-4-3-7-18-13)14-6-5-12(15)8-11(14)10-17/h3-8,17H,2,9-10H2,1H3. The molecule has 0 radical (unpaired) electrons. The third-order valence-corrected chi connectivity index (χ3v) is 4.22. The van der Waals surface area contributed by atoms with E-state index in [4.69, 9.17) is 0 Å². The molecule has 96 valence electrons. The van der Waals surface area contributed by atoms with Gasteiger partial charge in [-0.1, -0.05) is 22.0 Å². The maximum atomic E-state index is 9.47. The van der Waals surface area contributed by atoms with Crippen LogP contribution in [0.4, 0.5) is 5.69 Å². The number of hydrogen-bond acceptors (Lipinski definition) is 3. The van der Waals surface area contributed by atoms with Crippen LogP contribution in [-0.2, 0) is 13.2 Å². The fraction of sp³-hybridized carbons (Fsp3) is 0.286. The summed E-state index contributed by atoms with van der Waals surface area (Å²) in [6.45, 7) is 4.02. The number of benzene rings is 1. The van der Waals surface area contributed by atoms with Gasteiger partial charge in [0.05, 0.1) is 13.2 Å². The van der Waals surface area contributed by atoms with Crippen molar-refractivity contribution in [2.45, 2.75) is 20.1 Å². The Morgan fingerprint density at radius 3 is 2.78 bits per heavy atom. The number of aliphatic hydroxyl groups is 1. The summed E-state index contributed by atoms with van der Waals surface area (Å²) in [7, 11) is 0. The Labute approximate surface area is 120 Å². The van der Waals surface area contributed by atoms with Crippen LogP contribution in [0, 0.1) is 0 Å². The van der Waals surface area contributed by atoms with Crippen LogP contribution in [0.1, 0.15) is 17.4 Å². The lowest BCUT2D eigenvalue weighted by molar-refractivity contribution is 0.282. The van der Waals surface area contributed by atoms with E-state index in [2.05, 4.69) is 51.3 Å². The molecule has 0 spiro atoms. The van der Waals surface area contributed by atoms with Gasteiger partial charge in [0, 0.05) is 27.1 Å². The van der Waals surface area contributed by atoms with Crippen molar-refractivity contribution >= 4 is 33.0 Å². The second-order valence-corrected chi connectivity index (χ2v) is 5.97. The first kappa shape index (κ1) is 13.6. The van der Waals surface area contributed by atoms with E-state index in [0.29, 0.717) is 0 Å². The van der Waals surface area contributed by atoms with Gasteiger partial charge < -0.3 is 10.0 Å². The molecule has 0 aliphatic rings. The van der Waals surface area contributed by atoms with Crippen LogP contribution in [-0.4, -0.2) is 11.7 Å². The first-order valence-corrected chi connectivity index (χ1v) is 7.58. The van der Waals surface area contributed by atoms with Crippen LogP contribution >= 0.6 is 27.3 Å². The molecule has 1 N–H and O–H groups in total. The van der Waals surface area contributed by atoms with E-state index < -0.39 is 0 Å². The van der Waals surface area contributed by atoms with Crippen LogP contribution in [0.25, 0.3) is 0 Å². The van der Waals surface area contributed by atoms with Gasteiger partial charge in [-0.3, -0.25) is 0 Å². The molecule has 0 amide bonds. The second kappa shape index (κ2) is 6.36. The summed E-state index contributed by atoms with van der Waals surface area (Å²) >= 11 is 5.21. The molecular weight excluding hydrogens is 310 g/mol. The van der Waals surface area contributed by atoms with Gasteiger partial charge in [-0.25, -0.2) is 0 Å². The Bertz CT molecular complexity index is 499. The first-order chi connectivity index (χ1) is 8.74. The SMILES string of the molecule is CCN(Cc1cccs1)c1ccc(Br)cc1CO. The van der Waals surface area contributed by atoms with Crippen LogP contribution in [0.3, 0.4) is 0 Å². The topological polar surface area (TPSA) is 23.5 Å². The zero-order valence-electron chi connectivity index (χ0n) is 10.3. The largest absolute Gasteiger partial charge is 0.392 e. The van der Waals surface area contributed by atoms with E-state index >= 15 is 0 Å². The van der Waals surface area contributed by atoms with Crippen molar-refractivity contribution in [2.75, 3.05) is 11.4 Å². The molecular formula is C14H16BrNOS. The average molecular weight is 326 g/mol. The maximum absolute atomic E-state index is 9.47. The summed E-state index contributed by atoms with van der Waals surface area (Å²) in [5.74, 6) is 0. The second-order valence-electron chi connectivity index (χ2n) is 4.02. The molecule has 0 saturated carbocycles. The minimum atomic E-state index is 0.0652. The Kier molecular flexibility index (Phi) is 4.80. The molecule has 0 saturated heterocycles. The van der Waals surface area contributed by atoms with Crippen LogP contribution in [0.15, 0.2) is 40.2 Å². The van der Waals surface area contributed by atoms with Gasteiger partial charge in [-0.05, 0) is 36.6 Å². The van der Waals surface area contributed by atoms with E-state index in [-0.39, 0.29) is 6.61 Å². The lowest BCUT2D eigenvalue weighted by atomic mass is 10.1. The summed E-state index contributed by atoms with van der Waals surface area (Å²) < 4.78 is 1.00. The zero-order chi connectivity index (χ0) is 13.0. The molecule has 0 atom stereocenters. The van der Waals surface area contributed by atoms with Crippen LogP contribution < -0.4 is 4.90 Å². The number of anilines is 1. The van der Waals surface area contributed by atoms with Gasteiger partial charge in [-0.2, -0.15) is 0 Å². The lowest BCUT2D eigenvalue weighted by Crippen LogP contribution is -2.22. The van der Waals surface area contributed by atoms with Crippen molar-refractivity contribution in [1.82, 2.24) is 0 Å². The highest BCUT2D eigenvalue weighted by molar-refractivity contribution is 9.10. The quantitative estimate of drug-likeness (QED) is 0.897. The van der Waals surface area contributed by atoms with E-state index in [9.17, 15) is 5.11 Å². The molecule has 0 aliphatic carbocycles. The minimum Gasteiger partial charge on any atom is -0.392 e. The van der Waals surface area contributed by atoms with Crippen molar-refractivity contribution in [3.05, 3.63) is 50.6 Å². The predicted octanol–water partition coefficient (Wildman–Crippen LogP) is 4.03. The molecule has 2 rings (SSSR count). The molecule has 1 aromatic heterocycles. The molecule has 0 bridgehead atoms. The van der Waals surface area contributed by atoms with Gasteiger partial charge in [0.1, 0.15) is 0 Å². The number of nitrogens with zero attached hydrogens (tertiary/aromatic N) is 1. The monoisotopic (exact) mass is 325 g/mol. The van der Waals surface area contributed by atoms with Gasteiger partial charge >= 0.3 is 0 Å². The van der Waals surface area contributed by atoms with Crippen molar-refractivity contribution in [2.24, 2.45) is 0 Å². The highest BCUT2D eigenvalue weighted by Gasteiger charge is 2.10. The van der Waals surface area contributed by atoms with Crippen molar-refractivity contribution in [3.63, 3.8) is 0 Å². The predicted molar refractivity (Wildman–Crippen MR) is 81.1 cm³/mol. The highest BCUT2D eigenvalue weighted by atomic mass is 79.9. The zero-order valence-corrected chi connectivity index (χ0v) is 12.7. The van der Waals surface area contributed by atoms with Crippen LogP contribution in [0.2, 0.25) is 0 Å². The van der Waals surface area contributed by atoms with Gasteiger partial charge in [0.2, 0.25) is 0 Å². The van der Waals surface area contributed by atoms with Crippen molar-refractivity contribution in [3.8, 4) is 0 Å². The Morgan fingerprint density at radius 1 is 1.33 bits per heavy atom. The van der Waals surface area contributed by atoms with Gasteiger partial charge in [0.15, 0.2) is 0 Å². The first-order valence-electron chi connectivity index (χ1n) is 5.91. The molecule has 2 nitrogen and oxygen atoms in total. The van der Waals surface area contributed by atoms with E-state index in [0.717, 1.165) is 28.8 Å². The molecule has 0 unspecified atom stereocenters. The van der Waals surface area contributed by atoms with Crippen molar-refractivity contribution < 1.29 is 5.11 Å². The smallest absolute Gasteiger partial charge is 0.0702 e. The molecule has 1 aromatic carbocycles. The van der Waals surface area contributed by atoms with Gasteiger partial charge in [-0.15, -0.1) is 11.3 Å². The number of hydrogen-bond donors (Lipinski definition) is 1. The minimum absolute atomic E-state index is 0.0652. The van der Waals surface area contributed by atoms with E-state index in [1.165, 1.54) is 4.88 Å². The molecule has 0 fully saturated rings. The summed E-state index contributed by atoms with van der Waals surface area (Å²) in [6, 6.07) is 10.3. The lowest BCUT2D eigenvalue weighted by Gasteiger charge is -2.25. The van der Waals surface area contributed by atoms with Crippen LogP contribution in [0.5, 0.6) is 0 Å². The summed E-state index contributed by atoms with van der Waals surface area (Å²) in [4.78, 5) is 3.62. The Morgan fingerprint density at radius 2 is 2.17 bits per heavy atom. The fourth-order valence-electron chi connectivity index (χ4n) is 1.95. The molecule has 4 heteroatoms. The summed E-state index contributed by atoms with van der Waals surface area (Å²) in [6.07, 6.45) is 0. The fourth-order valence-corrected chi connectivity index (χ4v) is 3.08. The number of rotatable bonds is 5. The maximum Gasteiger partial charge on any atom is 0.0702 e. The molecule has 18 heavy (non-hydrogen) atoms. The Balaban J connectivity index is 2.26. The summed E-state index contributed by atoms with van der Waals surface area (Å²) in [5, 5.41) is 11.6. The normalized spacial score (nSPS) is 10.6. The third-order valence-electron chi connectivity index (χ3n) is 2.86. The third kappa shape index (κ3) is 3.13. The number of aliphatic hydroxyl groups excluding tert-OH is 1. The van der Waals surface area contributed by atoms with E-state index in [1.807, 2.05) is 12.1 Å². The number of halogens is 1. The highest BCUT2D eigenvalue weighted by Crippen LogP contribution is 2.26. The number of thiophene rings is 1. The summed E-state index contributed by atoms with van der Waals surface area (Å²) in [5.41, 5.74) is 2.07. The van der Waals surface area contributed by atoms with Crippen molar-refractivity contribution in [1.29, 1.82) is 0 Å². The Hall–Kier alpha value is -0.840. The molecule has 1 heterocycles. The molecule has 0 aliphatic heterocycles. The van der Waals surface area contributed by atoms with E-state index in [1.54, 1.807) is 11.3 Å².